The molecule has 0 aliphatic carbocycles. The Bertz CT molecular complexity index is 1080. The topological polar surface area (TPSA) is 60.3 Å². The number of ether oxygens (including phenoxy) is 1. The van der Waals surface area contributed by atoms with Crippen LogP contribution in [-0.2, 0) is 16.6 Å². The van der Waals surface area contributed by atoms with Gasteiger partial charge in [-0.2, -0.15) is 0 Å². The number of fused-ring (bicyclic) bond motifs is 1. The number of benzene rings is 2. The second-order valence-corrected chi connectivity index (χ2v) is 5.74. The predicted molar refractivity (Wildman–Crippen MR) is 88.1 cm³/mol. The third-order valence-electron chi connectivity index (χ3n) is 3.93. The van der Waals surface area contributed by atoms with Crippen LogP contribution in [0.2, 0.25) is 0 Å². The van der Waals surface area contributed by atoms with Gasteiger partial charge in [0.05, 0.1) is 5.56 Å². The number of nitrogens with zero attached hydrogens (tertiary/aromatic N) is 1. The van der Waals surface area contributed by atoms with E-state index in [9.17, 15) is 31.5 Å². The van der Waals surface area contributed by atoms with Gasteiger partial charge in [0.15, 0.2) is 29.9 Å². The fourth-order valence-corrected chi connectivity index (χ4v) is 2.60. The highest BCUT2D eigenvalue weighted by Gasteiger charge is 2.27. The quantitative estimate of drug-likeness (QED) is 0.316. The molecule has 1 amide bonds. The monoisotopic (exact) mass is 398 g/mol. The Morgan fingerprint density at radius 3 is 2.18 bits per heavy atom. The molecule has 0 aliphatic rings. The zero-order valence-electron chi connectivity index (χ0n) is 14.2. The summed E-state index contributed by atoms with van der Waals surface area (Å²) in [6.07, 6.45) is 1.47. The number of hydrogen-bond acceptors (Lipinski definition) is 3. The molecule has 0 aliphatic heterocycles. The van der Waals surface area contributed by atoms with Crippen LogP contribution in [0.1, 0.15) is 10.4 Å². The number of halogens is 5. The number of amides is 1. The molecule has 0 fully saturated rings. The molecular formula is C18H11F5N2O3. The SMILES string of the molecule is Cn1cc(C(=O)OCC(=O)Nc2c(F)c(F)c(F)c(F)c2F)c2ccccc21. The summed E-state index contributed by atoms with van der Waals surface area (Å²) >= 11 is 0. The van der Waals surface area contributed by atoms with Gasteiger partial charge in [-0.15, -0.1) is 0 Å². The van der Waals surface area contributed by atoms with E-state index in [-0.39, 0.29) is 5.56 Å². The normalized spacial score (nSPS) is 10.9. The van der Waals surface area contributed by atoms with Crippen molar-refractivity contribution in [1.29, 1.82) is 0 Å². The zero-order chi connectivity index (χ0) is 20.6. The number of hydrogen-bond donors (Lipinski definition) is 1. The van der Waals surface area contributed by atoms with E-state index in [1.807, 2.05) is 0 Å². The minimum Gasteiger partial charge on any atom is -0.452 e. The fraction of sp³-hybridized carbons (Fsp3) is 0.111. The molecule has 3 rings (SSSR count). The van der Waals surface area contributed by atoms with Gasteiger partial charge in [0.2, 0.25) is 5.82 Å². The summed E-state index contributed by atoms with van der Waals surface area (Å²) in [6, 6.07) is 6.85. The molecule has 0 spiro atoms. The number of rotatable bonds is 4. The van der Waals surface area contributed by atoms with Crippen LogP contribution in [0.4, 0.5) is 27.6 Å². The first-order valence-corrected chi connectivity index (χ1v) is 7.74. The number of carbonyl (C=O) groups excluding carboxylic acids is 2. The first-order chi connectivity index (χ1) is 13.2. The van der Waals surface area contributed by atoms with Gasteiger partial charge in [0.25, 0.3) is 5.91 Å². The van der Waals surface area contributed by atoms with E-state index >= 15 is 0 Å². The van der Waals surface area contributed by atoms with Gasteiger partial charge >= 0.3 is 5.97 Å². The molecule has 146 valence electrons. The van der Waals surface area contributed by atoms with Gasteiger partial charge in [-0.1, -0.05) is 18.2 Å². The molecule has 0 radical (unpaired) electrons. The Kier molecular flexibility index (Phi) is 5.04. The lowest BCUT2D eigenvalue weighted by atomic mass is 10.2. The average molecular weight is 398 g/mol. The Morgan fingerprint density at radius 1 is 0.964 bits per heavy atom. The van der Waals surface area contributed by atoms with E-state index < -0.39 is 53.3 Å². The van der Waals surface area contributed by atoms with Crippen LogP contribution in [0.3, 0.4) is 0 Å². The highest BCUT2D eigenvalue weighted by molar-refractivity contribution is 6.05. The lowest BCUT2D eigenvalue weighted by Crippen LogP contribution is -2.23. The van der Waals surface area contributed by atoms with Crippen molar-refractivity contribution in [1.82, 2.24) is 4.57 Å². The second kappa shape index (κ2) is 7.29. The molecule has 1 heterocycles. The summed E-state index contributed by atoms with van der Waals surface area (Å²) in [7, 11) is 1.69. The van der Waals surface area contributed by atoms with Crippen molar-refractivity contribution in [3.63, 3.8) is 0 Å². The summed E-state index contributed by atoms with van der Waals surface area (Å²) in [5, 5.41) is 2.07. The third-order valence-corrected chi connectivity index (χ3v) is 3.93. The lowest BCUT2D eigenvalue weighted by molar-refractivity contribution is -0.119. The van der Waals surface area contributed by atoms with Crippen molar-refractivity contribution < 1.29 is 36.3 Å². The van der Waals surface area contributed by atoms with Gasteiger partial charge in [0, 0.05) is 24.1 Å². The van der Waals surface area contributed by atoms with Crippen LogP contribution in [0.5, 0.6) is 0 Å². The summed E-state index contributed by atoms with van der Waals surface area (Å²) in [6.45, 7) is -0.998. The van der Waals surface area contributed by atoms with Crippen LogP contribution in [-0.4, -0.2) is 23.1 Å². The van der Waals surface area contributed by atoms with Crippen LogP contribution < -0.4 is 5.32 Å². The van der Waals surface area contributed by atoms with Crippen molar-refractivity contribution in [2.24, 2.45) is 7.05 Å². The van der Waals surface area contributed by atoms with E-state index in [4.69, 9.17) is 4.74 Å². The van der Waals surface area contributed by atoms with Gasteiger partial charge in [-0.3, -0.25) is 4.79 Å². The first-order valence-electron chi connectivity index (χ1n) is 7.74. The molecule has 10 heteroatoms. The second-order valence-electron chi connectivity index (χ2n) is 5.74. The Morgan fingerprint density at radius 2 is 1.54 bits per heavy atom. The molecule has 28 heavy (non-hydrogen) atoms. The van der Waals surface area contributed by atoms with E-state index in [0.717, 1.165) is 5.52 Å². The molecule has 5 nitrogen and oxygen atoms in total. The van der Waals surface area contributed by atoms with Crippen LogP contribution >= 0.6 is 0 Å². The molecule has 2 aromatic carbocycles. The van der Waals surface area contributed by atoms with Gasteiger partial charge in [0.1, 0.15) is 5.69 Å². The van der Waals surface area contributed by atoms with E-state index in [0.29, 0.717) is 5.39 Å². The van der Waals surface area contributed by atoms with Crippen LogP contribution in [0.15, 0.2) is 30.5 Å². The third kappa shape index (κ3) is 3.28. The maximum atomic E-state index is 13.6. The number of carbonyl (C=O) groups is 2. The molecule has 0 bridgehead atoms. The van der Waals surface area contributed by atoms with E-state index in [1.54, 1.807) is 35.9 Å². The standard InChI is InChI=1S/C18H11F5N2O3/c1-25-6-9(8-4-2-3-5-10(8)25)18(27)28-7-11(26)24-17-15(22)13(20)12(19)14(21)16(17)23/h2-6H,7H2,1H3,(H,24,26). The van der Waals surface area contributed by atoms with Crippen molar-refractivity contribution in [3.05, 3.63) is 65.1 Å². The van der Waals surface area contributed by atoms with E-state index in [2.05, 4.69) is 0 Å². The molecule has 0 saturated heterocycles. The number of anilines is 1. The Hall–Kier alpha value is -3.43. The summed E-state index contributed by atoms with van der Waals surface area (Å²) in [4.78, 5) is 23.9. The van der Waals surface area contributed by atoms with Crippen molar-refractivity contribution in [3.8, 4) is 0 Å². The number of esters is 1. The number of para-hydroxylation sites is 1. The van der Waals surface area contributed by atoms with E-state index in [1.165, 1.54) is 11.5 Å². The summed E-state index contributed by atoms with van der Waals surface area (Å²) < 4.78 is 72.8. The molecule has 0 atom stereocenters. The van der Waals surface area contributed by atoms with Crippen LogP contribution in [0.25, 0.3) is 10.9 Å². The molecule has 3 aromatic rings. The Labute approximate surface area is 154 Å². The summed E-state index contributed by atoms with van der Waals surface area (Å²) in [5.74, 6) is -13.4. The maximum absolute atomic E-state index is 13.6. The molecule has 1 N–H and O–H groups in total. The first kappa shape index (κ1) is 19.3. The minimum absolute atomic E-state index is 0.141. The molecule has 0 unspecified atom stereocenters. The fourth-order valence-electron chi connectivity index (χ4n) is 2.60. The van der Waals surface area contributed by atoms with Crippen molar-refractivity contribution in [2.75, 3.05) is 11.9 Å². The van der Waals surface area contributed by atoms with Crippen LogP contribution in [0, 0.1) is 29.1 Å². The smallest absolute Gasteiger partial charge is 0.340 e. The predicted octanol–water partition coefficient (Wildman–Crippen LogP) is 3.67. The van der Waals surface area contributed by atoms with Gasteiger partial charge in [-0.05, 0) is 6.07 Å². The number of aromatic nitrogens is 1. The maximum Gasteiger partial charge on any atom is 0.340 e. The van der Waals surface area contributed by atoms with Gasteiger partial charge in [-0.25, -0.2) is 26.7 Å². The number of nitrogens with one attached hydrogen (secondary N) is 1. The summed E-state index contributed by atoms with van der Waals surface area (Å²) in [5.41, 5.74) is -0.662. The zero-order valence-corrected chi connectivity index (χ0v) is 14.2. The highest BCUT2D eigenvalue weighted by atomic mass is 19.2. The minimum atomic E-state index is -2.35. The van der Waals surface area contributed by atoms with Crippen molar-refractivity contribution in [2.45, 2.75) is 0 Å². The van der Waals surface area contributed by atoms with Gasteiger partial charge < -0.3 is 14.6 Å². The van der Waals surface area contributed by atoms with Crippen molar-refractivity contribution >= 4 is 28.5 Å². The molecular weight excluding hydrogens is 387 g/mol. The molecule has 1 aromatic heterocycles. The average Bonchev–Trinajstić information content (AvgIpc) is 3.03. The highest BCUT2D eigenvalue weighted by Crippen LogP contribution is 2.27. The molecule has 0 saturated carbocycles. The number of aryl methyl sites for hydroxylation is 1. The lowest BCUT2D eigenvalue weighted by Gasteiger charge is -2.10. The Balaban J connectivity index is 1.74. The largest absolute Gasteiger partial charge is 0.452 e.